The molecule has 3 saturated heterocycles. The first kappa shape index (κ1) is 14.3. The van der Waals surface area contributed by atoms with Crippen LogP contribution in [0.2, 0.25) is 0 Å². The van der Waals surface area contributed by atoms with E-state index in [4.69, 9.17) is 0 Å². The number of hydrogen-bond donors (Lipinski definition) is 0. The molecule has 2 heteroatoms. The van der Waals surface area contributed by atoms with Crippen molar-refractivity contribution < 1.29 is 8.97 Å². The van der Waals surface area contributed by atoms with Gasteiger partial charge in [0, 0.05) is 10.8 Å². The molecule has 0 saturated carbocycles. The van der Waals surface area contributed by atoms with Crippen LogP contribution < -0.4 is 0 Å². The highest BCUT2D eigenvalue weighted by molar-refractivity contribution is 4.70. The van der Waals surface area contributed by atoms with Crippen LogP contribution in [0.15, 0.2) is 0 Å². The molecule has 0 aromatic rings. The number of nitrogens with zero attached hydrogens (tertiary/aromatic N) is 2. The standard InChI is InChI=1S/C16H34N2/c1-15(2,3)13-17-7-10-18(11-8-17,12-9-17)14-16(4,5)6/h7-14H2,1-6H3/q+2. The van der Waals surface area contributed by atoms with Crippen molar-refractivity contribution >= 4 is 0 Å². The van der Waals surface area contributed by atoms with E-state index in [9.17, 15) is 0 Å². The van der Waals surface area contributed by atoms with Gasteiger partial charge in [0.25, 0.3) is 0 Å². The SMILES string of the molecule is CC(C)(C)C[N+]12CC[N+](CC(C)(C)C)(CC1)CC2. The van der Waals surface area contributed by atoms with Gasteiger partial charge in [-0.25, -0.2) is 0 Å². The van der Waals surface area contributed by atoms with E-state index in [0.717, 1.165) is 0 Å². The van der Waals surface area contributed by atoms with Crippen LogP contribution in [-0.4, -0.2) is 61.3 Å². The summed E-state index contributed by atoms with van der Waals surface area (Å²) in [5.74, 6) is 0. The van der Waals surface area contributed by atoms with Crippen molar-refractivity contribution in [2.24, 2.45) is 10.8 Å². The average Bonchev–Trinajstić information content (AvgIpc) is 2.15. The Balaban J connectivity index is 2.02. The lowest BCUT2D eigenvalue weighted by atomic mass is 9.89. The Morgan fingerprint density at radius 1 is 0.556 bits per heavy atom. The van der Waals surface area contributed by atoms with E-state index < -0.39 is 0 Å². The molecule has 0 N–H and O–H groups in total. The van der Waals surface area contributed by atoms with Gasteiger partial charge in [-0.3, -0.25) is 0 Å². The van der Waals surface area contributed by atoms with E-state index in [1.807, 2.05) is 0 Å². The summed E-state index contributed by atoms with van der Waals surface area (Å²) in [6, 6.07) is 0. The monoisotopic (exact) mass is 254 g/mol. The molecule has 0 aromatic heterocycles. The van der Waals surface area contributed by atoms with Crippen LogP contribution in [0.5, 0.6) is 0 Å². The lowest BCUT2D eigenvalue weighted by Crippen LogP contribution is -2.76. The molecule has 3 heterocycles. The van der Waals surface area contributed by atoms with Crippen molar-refractivity contribution in [2.75, 3.05) is 52.4 Å². The quantitative estimate of drug-likeness (QED) is 0.665. The highest BCUT2D eigenvalue weighted by Gasteiger charge is 2.51. The third-order valence-corrected chi connectivity index (χ3v) is 4.77. The van der Waals surface area contributed by atoms with Gasteiger partial charge in [-0.15, -0.1) is 0 Å². The molecule has 0 aliphatic carbocycles. The Labute approximate surface area is 114 Å². The maximum Gasteiger partial charge on any atom is 0.129 e. The van der Waals surface area contributed by atoms with Crippen LogP contribution in [0.4, 0.5) is 0 Å². The van der Waals surface area contributed by atoms with Crippen molar-refractivity contribution in [2.45, 2.75) is 41.5 Å². The summed E-state index contributed by atoms with van der Waals surface area (Å²) in [6.07, 6.45) is 0. The first-order valence-electron chi connectivity index (χ1n) is 7.74. The molecule has 2 nitrogen and oxygen atoms in total. The molecule has 18 heavy (non-hydrogen) atoms. The Morgan fingerprint density at radius 3 is 0.944 bits per heavy atom. The fourth-order valence-electron chi connectivity index (χ4n) is 4.43. The Bertz CT molecular complexity index is 250. The predicted molar refractivity (Wildman–Crippen MR) is 78.4 cm³/mol. The molecule has 2 bridgehead atoms. The molecular formula is C16H34N2+2. The molecule has 3 rings (SSSR count). The summed E-state index contributed by atoms with van der Waals surface area (Å²) in [7, 11) is 0. The second-order valence-corrected chi connectivity index (χ2v) is 9.46. The molecule has 3 aliphatic rings. The minimum Gasteiger partial charge on any atom is -0.309 e. The van der Waals surface area contributed by atoms with Crippen LogP contribution in [0.1, 0.15) is 41.5 Å². The smallest absolute Gasteiger partial charge is 0.129 e. The summed E-state index contributed by atoms with van der Waals surface area (Å²) < 4.78 is 2.82. The van der Waals surface area contributed by atoms with E-state index in [2.05, 4.69) is 41.5 Å². The highest BCUT2D eigenvalue weighted by Crippen LogP contribution is 2.33. The zero-order chi connectivity index (χ0) is 13.7. The zero-order valence-corrected chi connectivity index (χ0v) is 13.6. The molecule has 3 fully saturated rings. The number of hydrogen-bond acceptors (Lipinski definition) is 0. The summed E-state index contributed by atoms with van der Waals surface area (Å²) >= 11 is 0. The molecule has 0 spiro atoms. The van der Waals surface area contributed by atoms with Gasteiger partial charge in [0.05, 0.1) is 13.1 Å². The molecule has 3 aliphatic heterocycles. The van der Waals surface area contributed by atoms with E-state index in [0.29, 0.717) is 10.8 Å². The molecular weight excluding hydrogens is 220 g/mol. The number of piperazine rings is 3. The molecule has 0 radical (unpaired) electrons. The van der Waals surface area contributed by atoms with E-state index in [1.165, 1.54) is 61.3 Å². The number of rotatable bonds is 2. The zero-order valence-electron chi connectivity index (χ0n) is 13.6. The van der Waals surface area contributed by atoms with Crippen LogP contribution in [0.25, 0.3) is 0 Å². The first-order chi connectivity index (χ1) is 8.04. The maximum atomic E-state index is 2.40. The largest absolute Gasteiger partial charge is 0.309 e. The van der Waals surface area contributed by atoms with Crippen molar-refractivity contribution in [3.05, 3.63) is 0 Å². The van der Waals surface area contributed by atoms with Gasteiger partial charge >= 0.3 is 0 Å². The van der Waals surface area contributed by atoms with Crippen molar-refractivity contribution in [3.63, 3.8) is 0 Å². The second-order valence-electron chi connectivity index (χ2n) is 9.46. The van der Waals surface area contributed by atoms with Gasteiger partial charge in [0.15, 0.2) is 0 Å². The summed E-state index contributed by atoms with van der Waals surface area (Å²) in [4.78, 5) is 0. The van der Waals surface area contributed by atoms with Crippen LogP contribution in [0.3, 0.4) is 0 Å². The minimum atomic E-state index is 0.481. The Morgan fingerprint density at radius 2 is 0.778 bits per heavy atom. The normalized spacial score (nSPS) is 37.0. The molecule has 0 aromatic carbocycles. The van der Waals surface area contributed by atoms with Gasteiger partial charge in [0.1, 0.15) is 39.3 Å². The summed E-state index contributed by atoms with van der Waals surface area (Å²) in [6.45, 7) is 25.7. The third kappa shape index (κ3) is 3.27. The van der Waals surface area contributed by atoms with Crippen molar-refractivity contribution in [1.29, 1.82) is 0 Å². The third-order valence-electron chi connectivity index (χ3n) is 4.77. The van der Waals surface area contributed by atoms with E-state index in [-0.39, 0.29) is 0 Å². The van der Waals surface area contributed by atoms with Gasteiger partial charge in [-0.1, -0.05) is 41.5 Å². The molecule has 106 valence electrons. The average molecular weight is 254 g/mol. The fourth-order valence-corrected chi connectivity index (χ4v) is 4.43. The van der Waals surface area contributed by atoms with Crippen molar-refractivity contribution in [3.8, 4) is 0 Å². The molecule has 0 amide bonds. The summed E-state index contributed by atoms with van der Waals surface area (Å²) in [5.41, 5.74) is 0.961. The lowest BCUT2D eigenvalue weighted by Gasteiger charge is -2.58. The summed E-state index contributed by atoms with van der Waals surface area (Å²) in [5, 5.41) is 0. The van der Waals surface area contributed by atoms with Crippen LogP contribution >= 0.6 is 0 Å². The van der Waals surface area contributed by atoms with Gasteiger partial charge in [-0.05, 0) is 0 Å². The van der Waals surface area contributed by atoms with Gasteiger partial charge < -0.3 is 8.97 Å². The predicted octanol–water partition coefficient (Wildman–Crippen LogP) is 2.74. The van der Waals surface area contributed by atoms with Crippen molar-refractivity contribution in [1.82, 2.24) is 0 Å². The number of fused-ring (bicyclic) bond motifs is 3. The first-order valence-corrected chi connectivity index (χ1v) is 7.74. The van der Waals surface area contributed by atoms with Gasteiger partial charge in [0.2, 0.25) is 0 Å². The van der Waals surface area contributed by atoms with E-state index in [1.54, 1.807) is 0 Å². The molecule has 0 atom stereocenters. The topological polar surface area (TPSA) is 0 Å². The Hall–Kier alpha value is -0.0800. The fraction of sp³-hybridized carbons (Fsp3) is 1.00. The maximum absolute atomic E-state index is 2.40. The minimum absolute atomic E-state index is 0.481. The molecule has 0 unspecified atom stereocenters. The number of quaternary nitrogens is 2. The Kier molecular flexibility index (Phi) is 3.35. The lowest BCUT2D eigenvalue weighted by molar-refractivity contribution is -1.08. The van der Waals surface area contributed by atoms with Crippen LogP contribution in [-0.2, 0) is 0 Å². The van der Waals surface area contributed by atoms with Gasteiger partial charge in [-0.2, -0.15) is 0 Å². The van der Waals surface area contributed by atoms with E-state index >= 15 is 0 Å². The highest BCUT2D eigenvalue weighted by atomic mass is 15.5. The second kappa shape index (κ2) is 4.21. The van der Waals surface area contributed by atoms with Crippen LogP contribution in [0, 0.1) is 10.8 Å².